The summed E-state index contributed by atoms with van der Waals surface area (Å²) in [5.74, 6) is 0. The lowest BCUT2D eigenvalue weighted by atomic mass is 10.1. The standard InChI is InChI=1S/C10H22.3C2H6O/c1-3-5-7-9-10-8-6-4-2;3*1-2-3/h3-10H2,1-2H3;3*3H,2H2,1H3. The monoisotopic (exact) mass is 280 g/mol. The first-order chi connectivity index (χ1) is 9.16. The molecule has 0 aliphatic heterocycles. The summed E-state index contributed by atoms with van der Waals surface area (Å²) < 4.78 is 0. The van der Waals surface area contributed by atoms with Gasteiger partial charge in [0.15, 0.2) is 0 Å². The summed E-state index contributed by atoms with van der Waals surface area (Å²) >= 11 is 0. The molecule has 0 heterocycles. The highest BCUT2D eigenvalue weighted by Gasteiger charge is 1.87. The van der Waals surface area contributed by atoms with Gasteiger partial charge in [0.2, 0.25) is 0 Å². The van der Waals surface area contributed by atoms with Crippen molar-refractivity contribution in [3.05, 3.63) is 0 Å². The van der Waals surface area contributed by atoms with E-state index in [4.69, 9.17) is 15.3 Å². The third-order valence-electron chi connectivity index (χ3n) is 1.96. The Labute approximate surface area is 122 Å². The van der Waals surface area contributed by atoms with Crippen LogP contribution < -0.4 is 0 Å². The molecule has 19 heavy (non-hydrogen) atoms. The third kappa shape index (κ3) is 95.3. The number of aliphatic hydroxyl groups is 3. The average molecular weight is 280 g/mol. The summed E-state index contributed by atoms with van der Waals surface area (Å²) in [6.45, 7) is 10.3. The Bertz CT molecular complexity index is 75.3. The molecule has 0 amide bonds. The van der Waals surface area contributed by atoms with Crippen LogP contribution in [0.3, 0.4) is 0 Å². The number of aliphatic hydroxyl groups excluding tert-OH is 3. The maximum Gasteiger partial charge on any atom is 0.0402 e. The highest BCUT2D eigenvalue weighted by atomic mass is 16.3. The molecule has 0 saturated heterocycles. The van der Waals surface area contributed by atoms with E-state index in [1.54, 1.807) is 20.8 Å². The van der Waals surface area contributed by atoms with Crippen molar-refractivity contribution in [2.24, 2.45) is 0 Å². The number of hydrogen-bond acceptors (Lipinski definition) is 3. The predicted molar refractivity (Wildman–Crippen MR) is 86.6 cm³/mol. The van der Waals surface area contributed by atoms with Crippen molar-refractivity contribution in [2.45, 2.75) is 86.0 Å². The zero-order valence-corrected chi connectivity index (χ0v) is 14.1. The van der Waals surface area contributed by atoms with Crippen molar-refractivity contribution in [1.29, 1.82) is 0 Å². The Balaban J connectivity index is -0.000000103. The Morgan fingerprint density at radius 2 is 0.579 bits per heavy atom. The third-order valence-corrected chi connectivity index (χ3v) is 1.96. The van der Waals surface area contributed by atoms with Crippen molar-refractivity contribution in [3.63, 3.8) is 0 Å². The quantitative estimate of drug-likeness (QED) is 0.614. The van der Waals surface area contributed by atoms with Gasteiger partial charge in [0, 0.05) is 19.8 Å². The van der Waals surface area contributed by atoms with Crippen molar-refractivity contribution >= 4 is 0 Å². The van der Waals surface area contributed by atoms with Crippen LogP contribution in [0.1, 0.15) is 86.0 Å². The molecule has 0 aliphatic rings. The minimum atomic E-state index is 0.250. The molecule has 3 N–H and O–H groups in total. The molecule has 0 atom stereocenters. The van der Waals surface area contributed by atoms with Crippen molar-refractivity contribution in [2.75, 3.05) is 19.8 Å². The summed E-state index contributed by atoms with van der Waals surface area (Å²) in [6, 6.07) is 0. The van der Waals surface area contributed by atoms with E-state index in [-0.39, 0.29) is 19.8 Å². The Morgan fingerprint density at radius 1 is 0.421 bits per heavy atom. The summed E-state index contributed by atoms with van der Waals surface area (Å²) in [4.78, 5) is 0. The first kappa shape index (κ1) is 27.3. The molecule has 0 spiro atoms. The average Bonchev–Trinajstić information content (AvgIpc) is 2.37. The Hall–Kier alpha value is -0.120. The fourth-order valence-electron chi connectivity index (χ4n) is 1.21. The molecule has 0 fully saturated rings. The van der Waals surface area contributed by atoms with Gasteiger partial charge >= 0.3 is 0 Å². The lowest BCUT2D eigenvalue weighted by molar-refractivity contribution is 0.318. The largest absolute Gasteiger partial charge is 0.397 e. The van der Waals surface area contributed by atoms with Gasteiger partial charge in [-0.2, -0.15) is 0 Å². The highest BCUT2D eigenvalue weighted by molar-refractivity contribution is 4.43. The van der Waals surface area contributed by atoms with Crippen molar-refractivity contribution in [3.8, 4) is 0 Å². The molecule has 0 saturated carbocycles. The van der Waals surface area contributed by atoms with Gasteiger partial charge in [-0.3, -0.25) is 0 Å². The second-order valence-corrected chi connectivity index (χ2v) is 4.07. The zero-order chi connectivity index (χ0) is 15.8. The molecule has 3 heteroatoms. The topological polar surface area (TPSA) is 60.7 Å². The normalized spacial score (nSPS) is 8.21. The Morgan fingerprint density at radius 3 is 0.737 bits per heavy atom. The van der Waals surface area contributed by atoms with E-state index in [0.717, 1.165) is 0 Å². The first-order valence-electron chi connectivity index (χ1n) is 7.98. The fourth-order valence-corrected chi connectivity index (χ4v) is 1.21. The molecule has 0 aromatic carbocycles. The minimum absolute atomic E-state index is 0.250. The number of hydrogen-bond donors (Lipinski definition) is 3. The van der Waals surface area contributed by atoms with E-state index in [9.17, 15) is 0 Å². The van der Waals surface area contributed by atoms with Gasteiger partial charge < -0.3 is 15.3 Å². The maximum absolute atomic E-state index is 7.57. The maximum atomic E-state index is 7.57. The molecule has 0 aromatic rings. The summed E-state index contributed by atoms with van der Waals surface area (Å²) in [5.41, 5.74) is 0. The second-order valence-electron chi connectivity index (χ2n) is 4.07. The molecule has 122 valence electrons. The van der Waals surface area contributed by atoms with Crippen LogP contribution in [0.4, 0.5) is 0 Å². The molecule has 0 unspecified atom stereocenters. The van der Waals surface area contributed by atoms with Gasteiger partial charge in [-0.1, -0.05) is 65.2 Å². The number of rotatable bonds is 7. The lowest BCUT2D eigenvalue weighted by Crippen LogP contribution is -1.77. The van der Waals surface area contributed by atoms with E-state index >= 15 is 0 Å². The summed E-state index contributed by atoms with van der Waals surface area (Å²) in [6.07, 6.45) is 11.5. The fraction of sp³-hybridized carbons (Fsp3) is 1.00. The zero-order valence-electron chi connectivity index (χ0n) is 14.1. The molecule has 0 rings (SSSR count). The smallest absolute Gasteiger partial charge is 0.0402 e. The summed E-state index contributed by atoms with van der Waals surface area (Å²) in [7, 11) is 0. The van der Waals surface area contributed by atoms with Gasteiger partial charge in [0.1, 0.15) is 0 Å². The van der Waals surface area contributed by atoms with Gasteiger partial charge in [-0.25, -0.2) is 0 Å². The molecule has 0 aromatic heterocycles. The second kappa shape index (κ2) is 43.0. The molecular weight excluding hydrogens is 240 g/mol. The van der Waals surface area contributed by atoms with E-state index in [2.05, 4.69) is 13.8 Å². The van der Waals surface area contributed by atoms with E-state index in [0.29, 0.717) is 0 Å². The van der Waals surface area contributed by atoms with Crippen LogP contribution in [0.15, 0.2) is 0 Å². The van der Waals surface area contributed by atoms with Crippen molar-refractivity contribution < 1.29 is 15.3 Å². The molecule has 3 nitrogen and oxygen atoms in total. The van der Waals surface area contributed by atoms with Crippen LogP contribution in [0.25, 0.3) is 0 Å². The van der Waals surface area contributed by atoms with Crippen LogP contribution in [0.5, 0.6) is 0 Å². The van der Waals surface area contributed by atoms with Gasteiger partial charge in [0.05, 0.1) is 0 Å². The Kier molecular flexibility index (Phi) is 61.7. The van der Waals surface area contributed by atoms with Crippen LogP contribution in [0.2, 0.25) is 0 Å². The van der Waals surface area contributed by atoms with Crippen LogP contribution >= 0.6 is 0 Å². The summed E-state index contributed by atoms with van der Waals surface area (Å²) in [5, 5.41) is 22.7. The highest BCUT2D eigenvalue weighted by Crippen LogP contribution is 2.07. The van der Waals surface area contributed by atoms with Crippen LogP contribution in [-0.2, 0) is 0 Å². The predicted octanol–water partition coefficient (Wildman–Crippen LogP) is 4.14. The molecule has 0 aliphatic carbocycles. The van der Waals surface area contributed by atoms with E-state index in [1.165, 1.54) is 51.4 Å². The molecule has 0 bridgehead atoms. The SMILES string of the molecule is CCCCCCCCCC.CCO.CCO.CCO. The lowest BCUT2D eigenvalue weighted by Gasteiger charge is -1.97. The van der Waals surface area contributed by atoms with Crippen molar-refractivity contribution in [1.82, 2.24) is 0 Å². The van der Waals surface area contributed by atoms with Crippen LogP contribution in [-0.4, -0.2) is 35.1 Å². The minimum Gasteiger partial charge on any atom is -0.397 e. The first-order valence-corrected chi connectivity index (χ1v) is 7.98. The number of unbranched alkanes of at least 4 members (excludes halogenated alkanes) is 7. The van der Waals surface area contributed by atoms with Gasteiger partial charge in [0.25, 0.3) is 0 Å². The van der Waals surface area contributed by atoms with E-state index in [1.807, 2.05) is 0 Å². The molecule has 0 radical (unpaired) electrons. The van der Waals surface area contributed by atoms with Crippen LogP contribution in [0, 0.1) is 0 Å². The van der Waals surface area contributed by atoms with Gasteiger partial charge in [-0.15, -0.1) is 0 Å². The van der Waals surface area contributed by atoms with Gasteiger partial charge in [-0.05, 0) is 20.8 Å². The molecular formula is C16H40O3. The van der Waals surface area contributed by atoms with E-state index < -0.39 is 0 Å².